The largest absolute Gasteiger partial charge is 0.369 e. The van der Waals surface area contributed by atoms with Crippen molar-refractivity contribution in [2.75, 3.05) is 24.5 Å². The van der Waals surface area contributed by atoms with Gasteiger partial charge in [0.15, 0.2) is 5.96 Å². The van der Waals surface area contributed by atoms with Gasteiger partial charge in [-0.25, -0.2) is 9.98 Å². The molecular formula is C22H30ClIN6O. The Morgan fingerprint density at radius 2 is 2.03 bits per heavy atom. The maximum absolute atomic E-state index is 11.4. The first-order valence-corrected chi connectivity index (χ1v) is 10.7. The normalized spacial score (nSPS) is 14.6. The molecule has 0 atom stereocenters. The third kappa shape index (κ3) is 7.53. The predicted octanol–water partition coefficient (Wildman–Crippen LogP) is 3.31. The van der Waals surface area contributed by atoms with E-state index < -0.39 is 0 Å². The van der Waals surface area contributed by atoms with Crippen LogP contribution in [-0.2, 0) is 17.9 Å². The highest BCUT2D eigenvalue weighted by Gasteiger charge is 2.24. The molecule has 9 heteroatoms. The average molecular weight is 557 g/mol. The van der Waals surface area contributed by atoms with Crippen LogP contribution in [0.1, 0.15) is 30.9 Å². The Bertz CT molecular complexity index is 886. The molecule has 1 aliphatic heterocycles. The van der Waals surface area contributed by atoms with Gasteiger partial charge in [0.1, 0.15) is 5.82 Å². The Labute approximate surface area is 205 Å². The zero-order valence-electron chi connectivity index (χ0n) is 17.7. The Morgan fingerprint density at radius 3 is 2.71 bits per heavy atom. The fourth-order valence-electron chi connectivity index (χ4n) is 3.56. The summed E-state index contributed by atoms with van der Waals surface area (Å²) in [5.41, 5.74) is 7.60. The number of pyridine rings is 1. The summed E-state index contributed by atoms with van der Waals surface area (Å²) >= 11 is 6.06. The molecule has 2 heterocycles. The highest BCUT2D eigenvalue weighted by atomic mass is 127. The zero-order valence-corrected chi connectivity index (χ0v) is 20.8. The third-order valence-corrected chi connectivity index (χ3v) is 5.40. The van der Waals surface area contributed by atoms with E-state index in [1.54, 1.807) is 6.20 Å². The Hall–Kier alpha value is -2.07. The van der Waals surface area contributed by atoms with E-state index in [-0.39, 0.29) is 35.8 Å². The monoisotopic (exact) mass is 556 g/mol. The van der Waals surface area contributed by atoms with Crippen LogP contribution < -0.4 is 21.3 Å². The molecule has 0 aliphatic carbocycles. The maximum atomic E-state index is 11.4. The second-order valence-corrected chi connectivity index (χ2v) is 7.76. The lowest BCUT2D eigenvalue weighted by molar-refractivity contribution is -0.122. The van der Waals surface area contributed by atoms with Crippen LogP contribution in [0, 0.1) is 5.92 Å². The molecule has 3 rings (SSSR count). The molecule has 1 fully saturated rings. The minimum Gasteiger partial charge on any atom is -0.369 e. The Balaban J connectivity index is 0.00000341. The van der Waals surface area contributed by atoms with E-state index in [4.69, 9.17) is 17.3 Å². The first-order valence-electron chi connectivity index (χ1n) is 10.3. The number of piperidine rings is 1. The van der Waals surface area contributed by atoms with Crippen molar-refractivity contribution in [3.05, 3.63) is 58.7 Å². The molecule has 0 bridgehead atoms. The van der Waals surface area contributed by atoms with E-state index in [0.29, 0.717) is 18.1 Å². The highest BCUT2D eigenvalue weighted by Crippen LogP contribution is 2.24. The van der Waals surface area contributed by atoms with Gasteiger partial charge in [-0.2, -0.15) is 0 Å². The molecule has 1 aliphatic rings. The molecule has 0 saturated carbocycles. The third-order valence-electron chi connectivity index (χ3n) is 5.16. The average Bonchev–Trinajstić information content (AvgIpc) is 2.76. The smallest absolute Gasteiger partial charge is 0.220 e. The van der Waals surface area contributed by atoms with Gasteiger partial charge < -0.3 is 21.3 Å². The highest BCUT2D eigenvalue weighted by molar-refractivity contribution is 14.0. The van der Waals surface area contributed by atoms with Crippen molar-refractivity contribution < 1.29 is 4.79 Å². The van der Waals surface area contributed by atoms with Gasteiger partial charge in [0.2, 0.25) is 5.91 Å². The number of aromatic nitrogens is 1. The number of rotatable bonds is 7. The standard InChI is InChI=1S/C22H29ClN6O.HI/c1-2-25-22(27-14-16-5-3-7-19(23)13-16)28-15-18-6-4-10-26-21(18)29-11-8-17(9-12-29)20(24)30;/h3-7,10,13,17H,2,8-9,11-12,14-15H2,1H3,(H2,24,30)(H2,25,27,28);1H. The molecule has 0 radical (unpaired) electrons. The number of nitrogens with zero attached hydrogens (tertiary/aromatic N) is 3. The van der Waals surface area contributed by atoms with Gasteiger partial charge in [0.05, 0.1) is 6.54 Å². The topological polar surface area (TPSA) is 95.6 Å². The molecule has 0 unspecified atom stereocenters. The number of primary amides is 1. The number of anilines is 1. The van der Waals surface area contributed by atoms with Crippen molar-refractivity contribution in [1.82, 2.24) is 15.6 Å². The molecule has 31 heavy (non-hydrogen) atoms. The molecule has 1 aromatic carbocycles. The molecule has 4 N–H and O–H groups in total. The number of nitrogens with two attached hydrogens (primary N) is 1. The van der Waals surface area contributed by atoms with Crippen molar-refractivity contribution in [3.63, 3.8) is 0 Å². The Kier molecular flexibility index (Phi) is 10.3. The zero-order chi connectivity index (χ0) is 21.3. The summed E-state index contributed by atoms with van der Waals surface area (Å²) in [7, 11) is 0. The van der Waals surface area contributed by atoms with E-state index in [0.717, 1.165) is 55.4 Å². The van der Waals surface area contributed by atoms with E-state index in [2.05, 4.69) is 31.6 Å². The van der Waals surface area contributed by atoms with Gasteiger partial charge in [0.25, 0.3) is 0 Å². The van der Waals surface area contributed by atoms with Crippen molar-refractivity contribution >= 4 is 53.3 Å². The van der Waals surface area contributed by atoms with Gasteiger partial charge in [-0.05, 0) is 43.5 Å². The minimum absolute atomic E-state index is 0. The van der Waals surface area contributed by atoms with Crippen molar-refractivity contribution in [1.29, 1.82) is 0 Å². The summed E-state index contributed by atoms with van der Waals surface area (Å²) in [6, 6.07) is 11.7. The van der Waals surface area contributed by atoms with Gasteiger partial charge in [-0.1, -0.05) is 29.8 Å². The number of amides is 1. The number of hydrogen-bond acceptors (Lipinski definition) is 4. The number of benzene rings is 1. The van der Waals surface area contributed by atoms with E-state index in [1.165, 1.54) is 0 Å². The molecule has 1 saturated heterocycles. The SMILES string of the molecule is CCNC(=NCc1cccc(Cl)c1)NCc1cccnc1N1CCC(C(N)=O)CC1.I. The summed E-state index contributed by atoms with van der Waals surface area (Å²) in [5.74, 6) is 1.44. The van der Waals surface area contributed by atoms with Crippen LogP contribution in [0.25, 0.3) is 0 Å². The molecule has 1 amide bonds. The number of hydrogen-bond donors (Lipinski definition) is 3. The van der Waals surface area contributed by atoms with Gasteiger partial charge in [-0.15, -0.1) is 24.0 Å². The van der Waals surface area contributed by atoms with Crippen LogP contribution in [-0.4, -0.2) is 36.5 Å². The summed E-state index contributed by atoms with van der Waals surface area (Å²) < 4.78 is 0. The van der Waals surface area contributed by atoms with Crippen molar-refractivity contribution in [2.45, 2.75) is 32.9 Å². The number of carbonyl (C=O) groups is 1. The molecule has 1 aromatic heterocycles. The van der Waals surface area contributed by atoms with E-state index in [9.17, 15) is 4.79 Å². The number of aliphatic imine (C=N–C) groups is 1. The summed E-state index contributed by atoms with van der Waals surface area (Å²) in [5, 5.41) is 7.38. The lowest BCUT2D eigenvalue weighted by Gasteiger charge is -2.32. The van der Waals surface area contributed by atoms with Crippen LogP contribution >= 0.6 is 35.6 Å². The molecular weight excluding hydrogens is 527 g/mol. The second kappa shape index (κ2) is 12.7. The number of nitrogens with one attached hydrogen (secondary N) is 2. The van der Waals surface area contributed by atoms with Gasteiger partial charge in [-0.3, -0.25) is 4.79 Å². The molecule has 7 nitrogen and oxygen atoms in total. The quantitative estimate of drug-likeness (QED) is 0.276. The van der Waals surface area contributed by atoms with Gasteiger partial charge in [0, 0.05) is 48.9 Å². The first-order chi connectivity index (χ1) is 14.6. The maximum Gasteiger partial charge on any atom is 0.220 e. The van der Waals surface area contributed by atoms with Crippen LogP contribution in [0.4, 0.5) is 5.82 Å². The van der Waals surface area contributed by atoms with E-state index >= 15 is 0 Å². The Morgan fingerprint density at radius 1 is 1.26 bits per heavy atom. The van der Waals surface area contributed by atoms with Crippen LogP contribution in [0.5, 0.6) is 0 Å². The van der Waals surface area contributed by atoms with Crippen LogP contribution in [0.15, 0.2) is 47.6 Å². The fraction of sp³-hybridized carbons (Fsp3) is 0.409. The van der Waals surface area contributed by atoms with Crippen LogP contribution in [0.2, 0.25) is 5.02 Å². The van der Waals surface area contributed by atoms with Crippen molar-refractivity contribution in [3.8, 4) is 0 Å². The second-order valence-electron chi connectivity index (χ2n) is 7.33. The number of halogens is 2. The summed E-state index contributed by atoms with van der Waals surface area (Å²) in [6.45, 7) is 5.49. The number of guanidine groups is 1. The molecule has 0 spiro atoms. The van der Waals surface area contributed by atoms with Gasteiger partial charge >= 0.3 is 0 Å². The van der Waals surface area contributed by atoms with E-state index in [1.807, 2.05) is 37.3 Å². The molecule has 168 valence electrons. The minimum atomic E-state index is -0.205. The first kappa shape index (κ1) is 25.2. The lowest BCUT2D eigenvalue weighted by atomic mass is 9.96. The summed E-state index contributed by atoms with van der Waals surface area (Å²) in [6.07, 6.45) is 3.34. The summed E-state index contributed by atoms with van der Waals surface area (Å²) in [4.78, 5) is 22.9. The predicted molar refractivity (Wildman–Crippen MR) is 137 cm³/mol. The molecule has 2 aromatic rings. The fourth-order valence-corrected chi connectivity index (χ4v) is 3.77. The number of carbonyl (C=O) groups excluding carboxylic acids is 1. The van der Waals surface area contributed by atoms with Crippen molar-refractivity contribution in [2.24, 2.45) is 16.6 Å². The lowest BCUT2D eigenvalue weighted by Crippen LogP contribution is -2.40. The van der Waals surface area contributed by atoms with Crippen LogP contribution in [0.3, 0.4) is 0 Å².